The van der Waals surface area contributed by atoms with Gasteiger partial charge in [0.05, 0.1) is 0 Å². The van der Waals surface area contributed by atoms with Gasteiger partial charge in [0.1, 0.15) is 0 Å². The molecule has 68 valence electrons. The molecule has 0 saturated heterocycles. The van der Waals surface area contributed by atoms with Crippen LogP contribution in [0.15, 0.2) is 43.5 Å². The summed E-state index contributed by atoms with van der Waals surface area (Å²) in [6.07, 6.45) is 1.77. The predicted octanol–water partition coefficient (Wildman–Crippen LogP) is 3.32. The maximum absolute atomic E-state index is 3.88. The molecule has 0 aliphatic carbocycles. The van der Waals surface area contributed by atoms with Crippen molar-refractivity contribution in [1.82, 2.24) is 0 Å². The van der Waals surface area contributed by atoms with Crippen molar-refractivity contribution in [2.75, 3.05) is 11.9 Å². The van der Waals surface area contributed by atoms with Gasteiger partial charge in [-0.3, -0.25) is 0 Å². The van der Waals surface area contributed by atoms with E-state index in [4.69, 9.17) is 0 Å². The van der Waals surface area contributed by atoms with E-state index in [0.717, 1.165) is 23.4 Å². The number of rotatable bonds is 4. The van der Waals surface area contributed by atoms with Gasteiger partial charge < -0.3 is 5.32 Å². The largest absolute Gasteiger partial charge is 0.385 e. The van der Waals surface area contributed by atoms with Gasteiger partial charge in [-0.05, 0) is 30.2 Å². The Morgan fingerprint density at radius 3 is 2.46 bits per heavy atom. The highest BCUT2D eigenvalue weighted by atomic mass is 14.8. The third kappa shape index (κ3) is 2.48. The van der Waals surface area contributed by atoms with Gasteiger partial charge in [0, 0.05) is 12.2 Å². The molecule has 1 aromatic rings. The summed E-state index contributed by atoms with van der Waals surface area (Å²) < 4.78 is 0. The van der Waals surface area contributed by atoms with E-state index >= 15 is 0 Å². The Balaban J connectivity index is 2.80. The predicted molar refractivity (Wildman–Crippen MR) is 59.8 cm³/mol. The van der Waals surface area contributed by atoms with E-state index in [9.17, 15) is 0 Å². The smallest absolute Gasteiger partial charge is 0.0340 e. The zero-order valence-corrected chi connectivity index (χ0v) is 8.01. The Kier molecular flexibility index (Phi) is 3.32. The molecule has 0 amide bonds. The van der Waals surface area contributed by atoms with Crippen LogP contribution in [0.2, 0.25) is 0 Å². The first-order valence-corrected chi connectivity index (χ1v) is 4.43. The van der Waals surface area contributed by atoms with Gasteiger partial charge in [0.25, 0.3) is 0 Å². The van der Waals surface area contributed by atoms with Crippen molar-refractivity contribution in [1.29, 1.82) is 0 Å². The molecule has 0 heterocycles. The van der Waals surface area contributed by atoms with Crippen molar-refractivity contribution < 1.29 is 0 Å². The molecule has 1 heteroatoms. The number of nitrogens with one attached hydrogen (secondary N) is 1. The van der Waals surface area contributed by atoms with Crippen LogP contribution in [0.25, 0.3) is 5.57 Å². The third-order valence-electron chi connectivity index (χ3n) is 1.88. The highest BCUT2D eigenvalue weighted by Gasteiger charge is 1.94. The maximum atomic E-state index is 3.88. The molecule has 0 unspecified atom stereocenters. The number of hydrogen-bond donors (Lipinski definition) is 1. The Bertz CT molecular complexity index is 295. The minimum absolute atomic E-state index is 0.946. The molecule has 0 aliphatic heterocycles. The van der Waals surface area contributed by atoms with Crippen molar-refractivity contribution in [2.24, 2.45) is 0 Å². The fourth-order valence-electron chi connectivity index (χ4n) is 1.12. The minimum Gasteiger partial charge on any atom is -0.385 e. The second kappa shape index (κ2) is 4.51. The summed E-state index contributed by atoms with van der Waals surface area (Å²) in [6, 6.07) is 8.19. The summed E-state index contributed by atoms with van der Waals surface area (Å²) in [5.74, 6) is 0. The number of anilines is 1. The van der Waals surface area contributed by atoms with Gasteiger partial charge in [-0.1, -0.05) is 31.4 Å². The molecule has 0 radical (unpaired) electrons. The van der Waals surface area contributed by atoms with Crippen molar-refractivity contribution in [3.05, 3.63) is 49.1 Å². The van der Waals surface area contributed by atoms with E-state index in [0.29, 0.717) is 0 Å². The summed E-state index contributed by atoms with van der Waals surface area (Å²) in [4.78, 5) is 0. The zero-order chi connectivity index (χ0) is 9.68. The molecule has 0 atom stereocenters. The molecule has 13 heavy (non-hydrogen) atoms. The van der Waals surface area contributed by atoms with Crippen molar-refractivity contribution in [3.63, 3.8) is 0 Å². The van der Waals surface area contributed by atoms with Crippen LogP contribution in [0, 0.1) is 0 Å². The highest BCUT2D eigenvalue weighted by Crippen LogP contribution is 2.16. The average molecular weight is 173 g/mol. The van der Waals surface area contributed by atoms with Crippen molar-refractivity contribution in [3.8, 4) is 0 Å². The van der Waals surface area contributed by atoms with Crippen LogP contribution < -0.4 is 5.32 Å². The van der Waals surface area contributed by atoms with Crippen LogP contribution in [0.3, 0.4) is 0 Å². The molecule has 0 spiro atoms. The van der Waals surface area contributed by atoms with Gasteiger partial charge >= 0.3 is 0 Å². The first-order valence-electron chi connectivity index (χ1n) is 4.43. The second-order valence-electron chi connectivity index (χ2n) is 2.84. The zero-order valence-electron chi connectivity index (χ0n) is 8.01. The van der Waals surface area contributed by atoms with Crippen LogP contribution in [0.1, 0.15) is 12.5 Å². The lowest BCUT2D eigenvalue weighted by atomic mass is 10.1. The molecule has 0 aliphatic rings. The topological polar surface area (TPSA) is 12.0 Å². The standard InChI is InChI=1S/C12H15N/c1-4-10(3)11-6-8-12(9-7-11)13-5-2/h4,6-9,13H,1,3,5H2,2H3. The summed E-state index contributed by atoms with van der Waals surface area (Å²) in [7, 11) is 0. The molecular weight excluding hydrogens is 158 g/mol. The Morgan fingerprint density at radius 1 is 1.38 bits per heavy atom. The van der Waals surface area contributed by atoms with Crippen LogP contribution in [-0.2, 0) is 0 Å². The number of hydrogen-bond acceptors (Lipinski definition) is 1. The lowest BCUT2D eigenvalue weighted by Crippen LogP contribution is -1.95. The Hall–Kier alpha value is -1.50. The van der Waals surface area contributed by atoms with Gasteiger partial charge in [0.2, 0.25) is 0 Å². The van der Waals surface area contributed by atoms with E-state index in [2.05, 4.69) is 25.4 Å². The molecular formula is C12H15N. The van der Waals surface area contributed by atoms with E-state index in [1.807, 2.05) is 24.3 Å². The van der Waals surface area contributed by atoms with Gasteiger partial charge in [0.15, 0.2) is 0 Å². The number of benzene rings is 1. The molecule has 0 fully saturated rings. The average Bonchev–Trinajstić information content (AvgIpc) is 2.18. The SMILES string of the molecule is C=CC(=C)c1ccc(NCC)cc1. The van der Waals surface area contributed by atoms with Crippen LogP contribution in [0.5, 0.6) is 0 Å². The van der Waals surface area contributed by atoms with Crippen LogP contribution in [0.4, 0.5) is 5.69 Å². The minimum atomic E-state index is 0.946. The van der Waals surface area contributed by atoms with Gasteiger partial charge in [-0.2, -0.15) is 0 Å². The quantitative estimate of drug-likeness (QED) is 0.689. The molecule has 0 bridgehead atoms. The normalized spacial score (nSPS) is 9.31. The van der Waals surface area contributed by atoms with E-state index in [1.54, 1.807) is 6.08 Å². The van der Waals surface area contributed by atoms with Crippen LogP contribution >= 0.6 is 0 Å². The molecule has 1 aromatic carbocycles. The maximum Gasteiger partial charge on any atom is 0.0340 e. The van der Waals surface area contributed by atoms with Crippen molar-refractivity contribution >= 4 is 11.3 Å². The summed E-state index contributed by atoms with van der Waals surface area (Å²) in [6.45, 7) is 10.6. The second-order valence-corrected chi connectivity index (χ2v) is 2.84. The molecule has 1 N–H and O–H groups in total. The molecule has 0 aromatic heterocycles. The highest BCUT2D eigenvalue weighted by molar-refractivity contribution is 5.72. The summed E-state index contributed by atoms with van der Waals surface area (Å²) in [5, 5.41) is 3.24. The Labute approximate surface area is 79.8 Å². The number of allylic oxidation sites excluding steroid dienone is 2. The first-order chi connectivity index (χ1) is 6.27. The third-order valence-corrected chi connectivity index (χ3v) is 1.88. The summed E-state index contributed by atoms with van der Waals surface area (Å²) in [5.41, 5.74) is 3.22. The lowest BCUT2D eigenvalue weighted by Gasteiger charge is -2.04. The van der Waals surface area contributed by atoms with E-state index in [1.165, 1.54) is 0 Å². The lowest BCUT2D eigenvalue weighted by molar-refractivity contribution is 1.21. The van der Waals surface area contributed by atoms with Crippen molar-refractivity contribution in [2.45, 2.75) is 6.92 Å². The van der Waals surface area contributed by atoms with Crippen LogP contribution in [-0.4, -0.2) is 6.54 Å². The Morgan fingerprint density at radius 2 is 2.00 bits per heavy atom. The molecule has 1 rings (SSSR count). The first kappa shape index (κ1) is 9.59. The fraction of sp³-hybridized carbons (Fsp3) is 0.167. The van der Waals surface area contributed by atoms with E-state index in [-0.39, 0.29) is 0 Å². The molecule has 0 saturated carbocycles. The van der Waals surface area contributed by atoms with E-state index < -0.39 is 0 Å². The summed E-state index contributed by atoms with van der Waals surface area (Å²) >= 11 is 0. The monoisotopic (exact) mass is 173 g/mol. The molecule has 1 nitrogen and oxygen atoms in total. The van der Waals surface area contributed by atoms with Gasteiger partial charge in [-0.15, -0.1) is 0 Å². The fourth-order valence-corrected chi connectivity index (χ4v) is 1.12. The van der Waals surface area contributed by atoms with Gasteiger partial charge in [-0.25, -0.2) is 0 Å².